The highest BCUT2D eigenvalue weighted by Gasteiger charge is 2.23. The Hall–Kier alpha value is -1.40. The normalized spacial score (nSPS) is 15.7. The number of hydrogen-bond donors (Lipinski definition) is 2. The standard InChI is InChI=1S/C11H18N4O2/c1-15-10(7-4-3-5-9(7)14-15)13-11(16)8(12)6-17-2/h8H,3-6,12H2,1-2H3,(H,13,16). The van der Waals surface area contributed by atoms with Crippen molar-refractivity contribution in [3.05, 3.63) is 11.3 Å². The first-order chi connectivity index (χ1) is 8.13. The SMILES string of the molecule is COCC(N)C(=O)Nc1c2c(nn1C)CCC2. The van der Waals surface area contributed by atoms with Crippen LogP contribution < -0.4 is 11.1 Å². The van der Waals surface area contributed by atoms with E-state index in [0.717, 1.165) is 36.3 Å². The van der Waals surface area contributed by atoms with Crippen LogP contribution in [-0.4, -0.2) is 35.4 Å². The largest absolute Gasteiger partial charge is 0.383 e. The summed E-state index contributed by atoms with van der Waals surface area (Å²) in [6, 6.07) is -0.646. The van der Waals surface area contributed by atoms with Crippen molar-refractivity contribution in [2.45, 2.75) is 25.3 Å². The van der Waals surface area contributed by atoms with Crippen molar-refractivity contribution in [3.8, 4) is 0 Å². The lowest BCUT2D eigenvalue weighted by molar-refractivity contribution is -0.118. The summed E-state index contributed by atoms with van der Waals surface area (Å²) in [6.45, 7) is 0.214. The predicted octanol–water partition coefficient (Wildman–Crippen LogP) is -0.179. The van der Waals surface area contributed by atoms with Crippen molar-refractivity contribution in [2.75, 3.05) is 19.0 Å². The van der Waals surface area contributed by atoms with Crippen LogP contribution in [0.2, 0.25) is 0 Å². The second-order valence-electron chi connectivity index (χ2n) is 4.30. The molecule has 1 aliphatic rings. The summed E-state index contributed by atoms with van der Waals surface area (Å²) in [5.74, 6) is 0.540. The third-order valence-corrected chi connectivity index (χ3v) is 2.99. The Morgan fingerprint density at radius 1 is 1.65 bits per heavy atom. The van der Waals surface area contributed by atoms with E-state index in [1.807, 2.05) is 7.05 Å². The zero-order valence-electron chi connectivity index (χ0n) is 10.2. The van der Waals surface area contributed by atoms with Gasteiger partial charge in [0, 0.05) is 19.7 Å². The Labute approximate surface area is 100 Å². The van der Waals surface area contributed by atoms with Crippen molar-refractivity contribution in [1.82, 2.24) is 9.78 Å². The summed E-state index contributed by atoms with van der Waals surface area (Å²) in [5.41, 5.74) is 7.90. The zero-order chi connectivity index (χ0) is 12.4. The van der Waals surface area contributed by atoms with Gasteiger partial charge in [0.2, 0.25) is 5.91 Å². The first-order valence-electron chi connectivity index (χ1n) is 5.73. The van der Waals surface area contributed by atoms with Gasteiger partial charge in [-0.05, 0) is 19.3 Å². The molecule has 2 rings (SSSR count). The average molecular weight is 238 g/mol. The van der Waals surface area contributed by atoms with E-state index in [0.29, 0.717) is 0 Å². The quantitative estimate of drug-likeness (QED) is 0.762. The van der Waals surface area contributed by atoms with Gasteiger partial charge in [0.15, 0.2) is 0 Å². The first-order valence-corrected chi connectivity index (χ1v) is 5.73. The third-order valence-electron chi connectivity index (χ3n) is 2.99. The Morgan fingerprint density at radius 3 is 3.12 bits per heavy atom. The number of nitrogens with two attached hydrogens (primary N) is 1. The van der Waals surface area contributed by atoms with E-state index in [1.54, 1.807) is 4.68 Å². The van der Waals surface area contributed by atoms with Crippen molar-refractivity contribution < 1.29 is 9.53 Å². The maximum absolute atomic E-state index is 11.8. The summed E-state index contributed by atoms with van der Waals surface area (Å²) in [5, 5.41) is 7.21. The van der Waals surface area contributed by atoms with E-state index < -0.39 is 6.04 Å². The molecule has 0 fully saturated rings. The molecule has 1 aromatic heterocycles. The van der Waals surface area contributed by atoms with Gasteiger partial charge in [0.1, 0.15) is 11.9 Å². The van der Waals surface area contributed by atoms with E-state index in [2.05, 4.69) is 10.4 Å². The number of aromatic nitrogens is 2. The number of aryl methyl sites for hydroxylation is 2. The molecule has 94 valence electrons. The molecule has 1 amide bonds. The van der Waals surface area contributed by atoms with Crippen LogP contribution in [0.25, 0.3) is 0 Å². The summed E-state index contributed by atoms with van der Waals surface area (Å²) < 4.78 is 6.57. The van der Waals surface area contributed by atoms with Crippen molar-refractivity contribution >= 4 is 11.7 Å². The smallest absolute Gasteiger partial charge is 0.244 e. The molecule has 0 bridgehead atoms. The van der Waals surface area contributed by atoms with Crippen LogP contribution in [0.3, 0.4) is 0 Å². The van der Waals surface area contributed by atoms with E-state index in [4.69, 9.17) is 10.5 Å². The molecule has 0 radical (unpaired) electrons. The lowest BCUT2D eigenvalue weighted by Crippen LogP contribution is -2.39. The molecule has 0 aliphatic heterocycles. The first kappa shape index (κ1) is 12.1. The molecule has 1 unspecified atom stereocenters. The zero-order valence-corrected chi connectivity index (χ0v) is 10.2. The van der Waals surface area contributed by atoms with Crippen LogP contribution in [0, 0.1) is 0 Å². The van der Waals surface area contributed by atoms with Gasteiger partial charge in [-0.1, -0.05) is 0 Å². The van der Waals surface area contributed by atoms with E-state index in [9.17, 15) is 4.79 Å². The minimum Gasteiger partial charge on any atom is -0.383 e. The number of fused-ring (bicyclic) bond motifs is 1. The number of carbonyl (C=O) groups is 1. The van der Waals surface area contributed by atoms with Gasteiger partial charge in [-0.3, -0.25) is 9.48 Å². The minimum absolute atomic E-state index is 0.214. The highest BCUT2D eigenvalue weighted by molar-refractivity contribution is 5.94. The number of hydrogen-bond acceptors (Lipinski definition) is 4. The molecule has 0 aromatic carbocycles. The fraction of sp³-hybridized carbons (Fsp3) is 0.636. The number of ether oxygens (including phenoxy) is 1. The Balaban J connectivity index is 2.11. The molecule has 0 saturated heterocycles. The Bertz CT molecular complexity index is 427. The molecule has 6 heteroatoms. The molecular formula is C11H18N4O2. The van der Waals surface area contributed by atoms with Gasteiger partial charge in [0.05, 0.1) is 12.3 Å². The molecule has 3 N–H and O–H groups in total. The lowest BCUT2D eigenvalue weighted by Gasteiger charge is -2.12. The summed E-state index contributed by atoms with van der Waals surface area (Å²) in [6.07, 6.45) is 3.06. The Morgan fingerprint density at radius 2 is 2.41 bits per heavy atom. The number of anilines is 1. The van der Waals surface area contributed by atoms with Crippen molar-refractivity contribution in [2.24, 2.45) is 12.8 Å². The molecule has 1 aromatic rings. The van der Waals surface area contributed by atoms with Crippen LogP contribution in [0.5, 0.6) is 0 Å². The maximum atomic E-state index is 11.8. The van der Waals surface area contributed by atoms with E-state index >= 15 is 0 Å². The third kappa shape index (κ3) is 2.32. The number of amides is 1. The summed E-state index contributed by atoms with van der Waals surface area (Å²) in [7, 11) is 3.35. The Kier molecular flexibility index (Phi) is 3.44. The molecule has 1 aliphatic carbocycles. The fourth-order valence-corrected chi connectivity index (χ4v) is 2.14. The molecule has 0 saturated carbocycles. The van der Waals surface area contributed by atoms with Crippen LogP contribution >= 0.6 is 0 Å². The van der Waals surface area contributed by atoms with Gasteiger partial charge >= 0.3 is 0 Å². The molecule has 0 spiro atoms. The average Bonchev–Trinajstić information content (AvgIpc) is 2.82. The number of methoxy groups -OCH3 is 1. The molecule has 6 nitrogen and oxygen atoms in total. The second-order valence-corrected chi connectivity index (χ2v) is 4.30. The summed E-state index contributed by atoms with van der Waals surface area (Å²) >= 11 is 0. The van der Waals surface area contributed by atoms with Crippen LogP contribution in [0.15, 0.2) is 0 Å². The van der Waals surface area contributed by atoms with Crippen molar-refractivity contribution in [3.63, 3.8) is 0 Å². The number of carbonyl (C=O) groups excluding carboxylic acids is 1. The lowest BCUT2D eigenvalue weighted by atomic mass is 10.2. The van der Waals surface area contributed by atoms with Gasteiger partial charge in [-0.2, -0.15) is 5.10 Å². The van der Waals surface area contributed by atoms with Gasteiger partial charge < -0.3 is 15.8 Å². The monoisotopic (exact) mass is 238 g/mol. The topological polar surface area (TPSA) is 82.2 Å². The second kappa shape index (κ2) is 4.85. The van der Waals surface area contributed by atoms with Crippen LogP contribution in [0.1, 0.15) is 17.7 Å². The number of nitrogens with zero attached hydrogens (tertiary/aromatic N) is 2. The van der Waals surface area contributed by atoms with Crippen LogP contribution in [0.4, 0.5) is 5.82 Å². The highest BCUT2D eigenvalue weighted by Crippen LogP contribution is 2.27. The van der Waals surface area contributed by atoms with E-state index in [-0.39, 0.29) is 12.5 Å². The van der Waals surface area contributed by atoms with E-state index in [1.165, 1.54) is 7.11 Å². The van der Waals surface area contributed by atoms with Gasteiger partial charge in [0.25, 0.3) is 0 Å². The maximum Gasteiger partial charge on any atom is 0.244 e. The predicted molar refractivity (Wildman–Crippen MR) is 63.7 cm³/mol. The summed E-state index contributed by atoms with van der Waals surface area (Å²) in [4.78, 5) is 11.8. The van der Waals surface area contributed by atoms with Crippen molar-refractivity contribution in [1.29, 1.82) is 0 Å². The molecule has 1 atom stereocenters. The molecule has 17 heavy (non-hydrogen) atoms. The number of nitrogens with one attached hydrogen (secondary N) is 1. The van der Waals surface area contributed by atoms with Gasteiger partial charge in [-0.25, -0.2) is 0 Å². The fourth-order valence-electron chi connectivity index (χ4n) is 2.14. The van der Waals surface area contributed by atoms with Crippen LogP contribution in [-0.2, 0) is 29.4 Å². The number of rotatable bonds is 4. The highest BCUT2D eigenvalue weighted by atomic mass is 16.5. The minimum atomic E-state index is -0.646. The van der Waals surface area contributed by atoms with Gasteiger partial charge in [-0.15, -0.1) is 0 Å². The molecule has 1 heterocycles. The molecular weight excluding hydrogens is 220 g/mol.